The highest BCUT2D eigenvalue weighted by Crippen LogP contribution is 2.37. The Morgan fingerprint density at radius 2 is 1.96 bits per heavy atom. The molecule has 0 N–H and O–H groups in total. The van der Waals surface area contributed by atoms with E-state index in [4.69, 9.17) is 12.2 Å². The summed E-state index contributed by atoms with van der Waals surface area (Å²) in [7, 11) is 0. The van der Waals surface area contributed by atoms with Crippen LogP contribution in [0.5, 0.6) is 0 Å². The van der Waals surface area contributed by atoms with E-state index in [1.54, 1.807) is 24.3 Å². The Labute approximate surface area is 145 Å². The number of amides is 1. The molecule has 1 fully saturated rings. The van der Waals surface area contributed by atoms with Gasteiger partial charge in [-0.2, -0.15) is 0 Å². The number of thiocarbonyl (C=S) groups is 1. The summed E-state index contributed by atoms with van der Waals surface area (Å²) in [5.74, 6) is -0.919. The van der Waals surface area contributed by atoms with Crippen LogP contribution in [0.25, 0.3) is 6.08 Å². The minimum Gasteiger partial charge on any atom is -0.268 e. The SMILES string of the molecule is O=C1/C(=C\c2ccccc2[N+](=O)[O-])SC(=S)N1c1cccc(F)c1. The molecule has 0 radical (unpaired) electrons. The number of rotatable bonds is 3. The third-order valence-electron chi connectivity index (χ3n) is 3.28. The number of benzene rings is 2. The lowest BCUT2D eigenvalue weighted by molar-refractivity contribution is -0.385. The molecular formula is C16H9FN2O3S2. The second-order valence-corrected chi connectivity index (χ2v) is 6.49. The van der Waals surface area contributed by atoms with E-state index >= 15 is 0 Å². The quantitative estimate of drug-likeness (QED) is 0.356. The first kappa shape index (κ1) is 16.3. The average molecular weight is 360 g/mol. The molecule has 24 heavy (non-hydrogen) atoms. The topological polar surface area (TPSA) is 63.4 Å². The Hall–Kier alpha value is -2.58. The third-order valence-corrected chi connectivity index (χ3v) is 4.58. The number of hydrogen-bond donors (Lipinski definition) is 0. The van der Waals surface area contributed by atoms with Gasteiger partial charge in [-0.25, -0.2) is 4.39 Å². The number of anilines is 1. The predicted molar refractivity (Wildman–Crippen MR) is 95.1 cm³/mol. The number of nitro benzene ring substituents is 1. The summed E-state index contributed by atoms with van der Waals surface area (Å²) in [4.78, 5) is 24.6. The lowest BCUT2D eigenvalue weighted by Gasteiger charge is -2.14. The highest BCUT2D eigenvalue weighted by atomic mass is 32.2. The molecule has 1 aliphatic heterocycles. The van der Waals surface area contributed by atoms with E-state index in [9.17, 15) is 19.3 Å². The van der Waals surface area contributed by atoms with Crippen LogP contribution in [0.1, 0.15) is 5.56 Å². The molecule has 120 valence electrons. The molecule has 0 aliphatic carbocycles. The number of hydrogen-bond acceptors (Lipinski definition) is 5. The van der Waals surface area contributed by atoms with E-state index in [2.05, 4.69) is 0 Å². The smallest absolute Gasteiger partial charge is 0.268 e. The second kappa shape index (κ2) is 6.50. The molecule has 0 spiro atoms. The van der Waals surface area contributed by atoms with E-state index in [0.29, 0.717) is 11.3 Å². The normalized spacial score (nSPS) is 16.0. The Morgan fingerprint density at radius 1 is 1.21 bits per heavy atom. The first-order valence-corrected chi connectivity index (χ1v) is 7.97. The van der Waals surface area contributed by atoms with Gasteiger partial charge in [-0.3, -0.25) is 19.8 Å². The van der Waals surface area contributed by atoms with Crippen LogP contribution in [0.15, 0.2) is 53.4 Å². The third kappa shape index (κ3) is 3.06. The van der Waals surface area contributed by atoms with Gasteiger partial charge in [-0.1, -0.05) is 42.2 Å². The van der Waals surface area contributed by atoms with Gasteiger partial charge < -0.3 is 0 Å². The monoisotopic (exact) mass is 360 g/mol. The molecule has 0 bridgehead atoms. The van der Waals surface area contributed by atoms with Crippen LogP contribution in [0.3, 0.4) is 0 Å². The number of nitro groups is 1. The highest BCUT2D eigenvalue weighted by Gasteiger charge is 2.33. The van der Waals surface area contributed by atoms with Crippen molar-refractivity contribution in [1.82, 2.24) is 0 Å². The molecule has 0 unspecified atom stereocenters. The van der Waals surface area contributed by atoms with Gasteiger partial charge in [0, 0.05) is 6.07 Å². The number of carbonyl (C=O) groups is 1. The average Bonchev–Trinajstić information content (AvgIpc) is 2.81. The zero-order chi connectivity index (χ0) is 17.3. The zero-order valence-corrected chi connectivity index (χ0v) is 13.6. The number of para-hydroxylation sites is 1. The Morgan fingerprint density at radius 3 is 2.67 bits per heavy atom. The molecule has 0 atom stereocenters. The van der Waals surface area contributed by atoms with Crippen molar-refractivity contribution < 1.29 is 14.1 Å². The summed E-state index contributed by atoms with van der Waals surface area (Å²) in [6.45, 7) is 0. The molecule has 2 aromatic rings. The molecule has 0 saturated carbocycles. The largest absolute Gasteiger partial charge is 0.276 e. The summed E-state index contributed by atoms with van der Waals surface area (Å²) in [6.07, 6.45) is 1.43. The second-order valence-electron chi connectivity index (χ2n) is 4.81. The van der Waals surface area contributed by atoms with Gasteiger partial charge in [-0.15, -0.1) is 0 Å². The fourth-order valence-electron chi connectivity index (χ4n) is 2.22. The predicted octanol–water partition coefficient (Wildman–Crippen LogP) is 4.14. The number of halogens is 1. The first-order valence-electron chi connectivity index (χ1n) is 6.74. The van der Waals surface area contributed by atoms with Crippen molar-refractivity contribution in [3.63, 3.8) is 0 Å². The van der Waals surface area contributed by atoms with Crippen molar-refractivity contribution >= 4 is 51.7 Å². The molecule has 1 amide bonds. The van der Waals surface area contributed by atoms with Crippen LogP contribution in [-0.2, 0) is 4.79 Å². The van der Waals surface area contributed by atoms with Crippen LogP contribution < -0.4 is 4.90 Å². The van der Waals surface area contributed by atoms with Crippen molar-refractivity contribution in [2.45, 2.75) is 0 Å². The zero-order valence-electron chi connectivity index (χ0n) is 12.0. The molecule has 8 heteroatoms. The van der Waals surface area contributed by atoms with Crippen molar-refractivity contribution in [3.8, 4) is 0 Å². The maximum Gasteiger partial charge on any atom is 0.276 e. The maximum atomic E-state index is 13.4. The van der Waals surface area contributed by atoms with Gasteiger partial charge in [0.2, 0.25) is 0 Å². The van der Waals surface area contributed by atoms with Gasteiger partial charge >= 0.3 is 0 Å². The van der Waals surface area contributed by atoms with Gasteiger partial charge in [0.15, 0.2) is 4.32 Å². The lowest BCUT2D eigenvalue weighted by Crippen LogP contribution is -2.27. The summed E-state index contributed by atoms with van der Waals surface area (Å²) in [6, 6.07) is 11.6. The number of nitrogens with zero attached hydrogens (tertiary/aromatic N) is 2. The highest BCUT2D eigenvalue weighted by molar-refractivity contribution is 8.27. The van der Waals surface area contributed by atoms with E-state index in [1.165, 1.54) is 35.2 Å². The summed E-state index contributed by atoms with van der Waals surface area (Å²) in [5, 5.41) is 11.1. The molecular weight excluding hydrogens is 351 g/mol. The van der Waals surface area contributed by atoms with Crippen LogP contribution >= 0.6 is 24.0 Å². The Kier molecular flexibility index (Phi) is 4.41. The van der Waals surface area contributed by atoms with E-state index in [-0.39, 0.29) is 14.9 Å². The molecule has 3 rings (SSSR count). The van der Waals surface area contributed by atoms with Gasteiger partial charge in [0.05, 0.1) is 21.1 Å². The maximum absolute atomic E-state index is 13.4. The molecule has 5 nitrogen and oxygen atoms in total. The van der Waals surface area contributed by atoms with E-state index in [1.807, 2.05) is 0 Å². The molecule has 2 aromatic carbocycles. The minimum absolute atomic E-state index is 0.103. The summed E-state index contributed by atoms with van der Waals surface area (Å²) < 4.78 is 13.6. The van der Waals surface area contributed by atoms with Gasteiger partial charge in [0.25, 0.3) is 11.6 Å². The fourth-order valence-corrected chi connectivity index (χ4v) is 3.51. The van der Waals surface area contributed by atoms with Gasteiger partial charge in [-0.05, 0) is 30.3 Å². The van der Waals surface area contributed by atoms with Crippen molar-refractivity contribution in [2.24, 2.45) is 0 Å². The van der Waals surface area contributed by atoms with Crippen molar-refractivity contribution in [2.75, 3.05) is 4.90 Å². The Bertz CT molecular complexity index is 898. The Balaban J connectivity index is 1.99. The molecule has 1 heterocycles. The standard InChI is InChI=1S/C16H9FN2O3S2/c17-11-5-3-6-12(9-11)18-15(20)14(24-16(18)23)8-10-4-1-2-7-13(10)19(21)22/h1-9H/b14-8+. The molecule has 1 saturated heterocycles. The van der Waals surface area contributed by atoms with Crippen molar-refractivity contribution in [3.05, 3.63) is 74.9 Å². The first-order chi connectivity index (χ1) is 11.5. The molecule has 0 aromatic heterocycles. The fraction of sp³-hybridized carbons (Fsp3) is 0. The minimum atomic E-state index is -0.515. The summed E-state index contributed by atoms with van der Waals surface area (Å²) in [5.41, 5.74) is 0.527. The summed E-state index contributed by atoms with van der Waals surface area (Å²) >= 11 is 6.21. The number of carbonyl (C=O) groups excluding carboxylic acids is 1. The van der Waals surface area contributed by atoms with Crippen LogP contribution in [0, 0.1) is 15.9 Å². The molecule has 1 aliphatic rings. The van der Waals surface area contributed by atoms with Crippen LogP contribution in [-0.4, -0.2) is 15.2 Å². The number of thioether (sulfide) groups is 1. The van der Waals surface area contributed by atoms with Crippen LogP contribution in [0.2, 0.25) is 0 Å². The van der Waals surface area contributed by atoms with Crippen molar-refractivity contribution in [1.29, 1.82) is 0 Å². The van der Waals surface area contributed by atoms with E-state index in [0.717, 1.165) is 11.8 Å². The van der Waals surface area contributed by atoms with Crippen LogP contribution in [0.4, 0.5) is 15.8 Å². The lowest BCUT2D eigenvalue weighted by atomic mass is 10.1. The van der Waals surface area contributed by atoms with E-state index < -0.39 is 16.6 Å². The van der Waals surface area contributed by atoms with Gasteiger partial charge in [0.1, 0.15) is 5.82 Å².